The minimum Gasteiger partial charge on any atom is -0.306 e. The van der Waals surface area contributed by atoms with Crippen LogP contribution >= 0.6 is 15.9 Å². The van der Waals surface area contributed by atoms with Gasteiger partial charge >= 0.3 is 0 Å². The number of hydrogen-bond donors (Lipinski definition) is 1. The molecule has 0 radical (unpaired) electrons. The van der Waals surface area contributed by atoms with Gasteiger partial charge in [-0.05, 0) is 43.1 Å². The first-order chi connectivity index (χ1) is 10.0. The fourth-order valence-electron chi connectivity index (χ4n) is 2.28. The van der Waals surface area contributed by atoms with E-state index < -0.39 is 11.6 Å². The maximum Gasteiger partial charge on any atom is 0.131 e. The molecule has 0 aliphatic carbocycles. The molecule has 0 spiro atoms. The highest BCUT2D eigenvalue weighted by molar-refractivity contribution is 9.10. The molecule has 1 N–H and O–H groups in total. The zero-order chi connectivity index (χ0) is 15.4. The van der Waals surface area contributed by atoms with Gasteiger partial charge < -0.3 is 5.32 Å². The summed E-state index contributed by atoms with van der Waals surface area (Å²) in [5.74, 6) is -1.08. The van der Waals surface area contributed by atoms with Crippen LogP contribution in [0.4, 0.5) is 8.78 Å². The first-order valence-electron chi connectivity index (χ1n) is 6.97. The second kappa shape index (κ2) is 7.14. The Labute approximate surface area is 132 Å². The third-order valence-electron chi connectivity index (χ3n) is 3.39. The molecule has 0 amide bonds. The molecule has 0 saturated heterocycles. The van der Waals surface area contributed by atoms with Crippen molar-refractivity contribution < 1.29 is 8.78 Å². The zero-order valence-corrected chi connectivity index (χ0v) is 13.7. The standard InChI is InChI=1S/C17H18BrF2N/c1-3-8-21-17(12-4-7-15(18)11(2)9-12)14-6-5-13(19)10-16(14)20/h4-7,9-10,17,21H,3,8H2,1-2H3. The van der Waals surface area contributed by atoms with Gasteiger partial charge in [0.2, 0.25) is 0 Å². The molecule has 0 aromatic heterocycles. The molecule has 2 aromatic carbocycles. The molecular formula is C17H18BrF2N. The third-order valence-corrected chi connectivity index (χ3v) is 4.28. The van der Waals surface area contributed by atoms with Crippen LogP contribution in [0.3, 0.4) is 0 Å². The Balaban J connectivity index is 2.44. The summed E-state index contributed by atoms with van der Waals surface area (Å²) in [6, 6.07) is 9.37. The molecule has 1 unspecified atom stereocenters. The quantitative estimate of drug-likeness (QED) is 0.785. The second-order valence-corrected chi connectivity index (χ2v) is 5.92. The minimum absolute atomic E-state index is 0.280. The molecule has 0 bridgehead atoms. The lowest BCUT2D eigenvalue weighted by Crippen LogP contribution is -2.24. The van der Waals surface area contributed by atoms with E-state index in [-0.39, 0.29) is 6.04 Å². The van der Waals surface area contributed by atoms with Gasteiger partial charge in [-0.1, -0.05) is 41.1 Å². The minimum atomic E-state index is -0.558. The van der Waals surface area contributed by atoms with Crippen molar-refractivity contribution in [2.24, 2.45) is 0 Å². The molecule has 2 rings (SSSR count). The van der Waals surface area contributed by atoms with Crippen LogP contribution in [-0.4, -0.2) is 6.54 Å². The van der Waals surface area contributed by atoms with Gasteiger partial charge in [0, 0.05) is 16.1 Å². The summed E-state index contributed by atoms with van der Waals surface area (Å²) in [7, 11) is 0. The van der Waals surface area contributed by atoms with Crippen molar-refractivity contribution in [1.82, 2.24) is 5.32 Å². The summed E-state index contributed by atoms with van der Waals surface area (Å²) in [5, 5.41) is 3.33. The number of aryl methyl sites for hydroxylation is 1. The number of rotatable bonds is 5. The Hall–Kier alpha value is -1.26. The molecule has 0 fully saturated rings. The van der Waals surface area contributed by atoms with Crippen LogP contribution in [0.25, 0.3) is 0 Å². The van der Waals surface area contributed by atoms with Crippen molar-refractivity contribution in [2.75, 3.05) is 6.54 Å². The summed E-state index contributed by atoms with van der Waals surface area (Å²) < 4.78 is 28.2. The van der Waals surface area contributed by atoms with Crippen LogP contribution in [0.2, 0.25) is 0 Å². The molecule has 0 heterocycles. The monoisotopic (exact) mass is 353 g/mol. The van der Waals surface area contributed by atoms with E-state index in [4.69, 9.17) is 0 Å². The highest BCUT2D eigenvalue weighted by atomic mass is 79.9. The van der Waals surface area contributed by atoms with Gasteiger partial charge in [-0.15, -0.1) is 0 Å². The zero-order valence-electron chi connectivity index (χ0n) is 12.1. The number of halogens is 3. The molecule has 0 aliphatic rings. The molecular weight excluding hydrogens is 336 g/mol. The summed E-state index contributed by atoms with van der Waals surface area (Å²) in [4.78, 5) is 0. The van der Waals surface area contributed by atoms with Crippen molar-refractivity contribution in [2.45, 2.75) is 26.3 Å². The van der Waals surface area contributed by atoms with E-state index in [1.165, 1.54) is 12.1 Å². The largest absolute Gasteiger partial charge is 0.306 e. The van der Waals surface area contributed by atoms with Gasteiger partial charge in [-0.3, -0.25) is 0 Å². The molecule has 1 atom stereocenters. The van der Waals surface area contributed by atoms with E-state index in [0.29, 0.717) is 5.56 Å². The Morgan fingerprint density at radius 1 is 1.14 bits per heavy atom. The van der Waals surface area contributed by atoms with E-state index in [2.05, 4.69) is 28.2 Å². The Bertz CT molecular complexity index is 628. The predicted octanol–water partition coefficient (Wildman–Crippen LogP) is 5.12. The lowest BCUT2D eigenvalue weighted by atomic mass is 9.96. The maximum absolute atomic E-state index is 14.1. The summed E-state index contributed by atoms with van der Waals surface area (Å²) >= 11 is 3.47. The fourth-order valence-corrected chi connectivity index (χ4v) is 2.53. The van der Waals surface area contributed by atoms with Crippen molar-refractivity contribution in [3.8, 4) is 0 Å². The van der Waals surface area contributed by atoms with E-state index in [0.717, 1.165) is 34.6 Å². The molecule has 112 valence electrons. The maximum atomic E-state index is 14.1. The van der Waals surface area contributed by atoms with Crippen molar-refractivity contribution in [1.29, 1.82) is 0 Å². The molecule has 21 heavy (non-hydrogen) atoms. The van der Waals surface area contributed by atoms with E-state index in [1.54, 1.807) is 0 Å². The molecule has 0 saturated carbocycles. The van der Waals surface area contributed by atoms with E-state index in [1.807, 2.05) is 25.1 Å². The van der Waals surface area contributed by atoms with Crippen LogP contribution in [0.15, 0.2) is 40.9 Å². The fraction of sp³-hybridized carbons (Fsp3) is 0.294. The van der Waals surface area contributed by atoms with Gasteiger partial charge in [0.1, 0.15) is 11.6 Å². The first kappa shape index (κ1) is 16.1. The molecule has 4 heteroatoms. The van der Waals surface area contributed by atoms with Gasteiger partial charge in [-0.25, -0.2) is 8.78 Å². The van der Waals surface area contributed by atoms with Crippen LogP contribution < -0.4 is 5.32 Å². The average molecular weight is 354 g/mol. The lowest BCUT2D eigenvalue weighted by molar-refractivity contribution is 0.532. The Kier molecular flexibility index (Phi) is 5.48. The summed E-state index contributed by atoms with van der Waals surface area (Å²) in [5.41, 5.74) is 2.51. The third kappa shape index (κ3) is 3.89. The predicted molar refractivity (Wildman–Crippen MR) is 85.4 cm³/mol. The van der Waals surface area contributed by atoms with Crippen molar-refractivity contribution >= 4 is 15.9 Å². The van der Waals surface area contributed by atoms with Crippen LogP contribution in [-0.2, 0) is 0 Å². The molecule has 0 aliphatic heterocycles. The van der Waals surface area contributed by atoms with E-state index >= 15 is 0 Å². The Morgan fingerprint density at radius 2 is 1.90 bits per heavy atom. The summed E-state index contributed by atoms with van der Waals surface area (Å²) in [6.07, 6.45) is 0.939. The first-order valence-corrected chi connectivity index (χ1v) is 7.76. The number of nitrogens with one attached hydrogen (secondary N) is 1. The van der Waals surface area contributed by atoms with Crippen molar-refractivity contribution in [3.05, 3.63) is 69.2 Å². The van der Waals surface area contributed by atoms with Gasteiger partial charge in [0.25, 0.3) is 0 Å². The van der Waals surface area contributed by atoms with Crippen LogP contribution in [0.1, 0.15) is 36.1 Å². The van der Waals surface area contributed by atoms with Crippen molar-refractivity contribution in [3.63, 3.8) is 0 Å². The number of hydrogen-bond acceptors (Lipinski definition) is 1. The van der Waals surface area contributed by atoms with Gasteiger partial charge in [0.05, 0.1) is 6.04 Å². The smallest absolute Gasteiger partial charge is 0.131 e. The van der Waals surface area contributed by atoms with Gasteiger partial charge in [0.15, 0.2) is 0 Å². The highest BCUT2D eigenvalue weighted by Gasteiger charge is 2.18. The average Bonchev–Trinajstić information content (AvgIpc) is 2.44. The molecule has 1 nitrogen and oxygen atoms in total. The lowest BCUT2D eigenvalue weighted by Gasteiger charge is -2.21. The summed E-state index contributed by atoms with van der Waals surface area (Å²) in [6.45, 7) is 4.81. The Morgan fingerprint density at radius 3 is 2.52 bits per heavy atom. The molecule has 2 aromatic rings. The SMILES string of the molecule is CCCNC(c1ccc(Br)c(C)c1)c1ccc(F)cc1F. The normalized spacial score (nSPS) is 12.4. The topological polar surface area (TPSA) is 12.0 Å². The van der Waals surface area contributed by atoms with Gasteiger partial charge in [-0.2, -0.15) is 0 Å². The number of benzene rings is 2. The van der Waals surface area contributed by atoms with Crippen LogP contribution in [0, 0.1) is 18.6 Å². The highest BCUT2D eigenvalue weighted by Crippen LogP contribution is 2.28. The van der Waals surface area contributed by atoms with E-state index in [9.17, 15) is 8.78 Å². The van der Waals surface area contributed by atoms with Crippen LogP contribution in [0.5, 0.6) is 0 Å². The second-order valence-electron chi connectivity index (χ2n) is 5.06.